The maximum absolute atomic E-state index is 6.92. The molecule has 4 nitrogen and oxygen atoms in total. The summed E-state index contributed by atoms with van der Waals surface area (Å²) < 4.78 is 3.25. The first-order valence-corrected chi connectivity index (χ1v) is 7.50. The van der Waals surface area contributed by atoms with Crippen LogP contribution in [0.2, 0.25) is 0 Å². The van der Waals surface area contributed by atoms with Crippen molar-refractivity contribution in [3.63, 3.8) is 0 Å². The van der Waals surface area contributed by atoms with Crippen molar-refractivity contribution >= 4 is 22.6 Å². The third-order valence-corrected chi connectivity index (χ3v) is 4.03. The molecule has 0 N–H and O–H groups in total. The average Bonchev–Trinajstić information content (AvgIpc) is 2.73. The van der Waals surface area contributed by atoms with Crippen LogP contribution in [0.4, 0.5) is 0 Å². The summed E-state index contributed by atoms with van der Waals surface area (Å²) in [5, 5.41) is 4.58. The fraction of sp³-hybridized carbons (Fsp3) is 0.692. The zero-order chi connectivity index (χ0) is 13.1. The topological polar surface area (TPSA) is 25.4 Å². The van der Waals surface area contributed by atoms with Gasteiger partial charge in [-0.3, -0.25) is 9.53 Å². The van der Waals surface area contributed by atoms with Crippen molar-refractivity contribution in [1.29, 1.82) is 0 Å². The van der Waals surface area contributed by atoms with Gasteiger partial charge in [-0.15, -0.1) is 0 Å². The fourth-order valence-corrected chi connectivity index (χ4v) is 3.12. The predicted molar refractivity (Wildman–Crippen MR) is 80.3 cm³/mol. The van der Waals surface area contributed by atoms with E-state index in [0.717, 1.165) is 29.6 Å². The summed E-state index contributed by atoms with van der Waals surface area (Å²) in [6.07, 6.45) is 2.29. The molecule has 1 aromatic heterocycles. The van der Waals surface area contributed by atoms with Gasteiger partial charge in [0.2, 0.25) is 0 Å². The summed E-state index contributed by atoms with van der Waals surface area (Å²) in [6.45, 7) is 13.9. The molecule has 0 spiro atoms. The van der Waals surface area contributed by atoms with Gasteiger partial charge in [-0.25, -0.2) is 11.5 Å². The Morgan fingerprint density at radius 2 is 2.17 bits per heavy atom. The molecule has 18 heavy (non-hydrogen) atoms. The Morgan fingerprint density at radius 3 is 2.72 bits per heavy atom. The Kier molecular flexibility index (Phi) is 4.62. The lowest BCUT2D eigenvalue weighted by molar-refractivity contribution is 0.226. The zero-order valence-corrected chi connectivity index (χ0v) is 13.1. The molecular formula is C13H19IN4. The second-order valence-electron chi connectivity index (χ2n) is 5.12. The number of rotatable bonds is 3. The summed E-state index contributed by atoms with van der Waals surface area (Å²) in [6, 6.07) is 2.64. The van der Waals surface area contributed by atoms with E-state index in [2.05, 4.69) is 62.0 Å². The SMILES string of the molecule is [C-]#[N+]CN1CCC(c2cc(I)nn2C(C)C)CC1. The smallest absolute Gasteiger partial charge is 0.270 e. The van der Waals surface area contributed by atoms with E-state index in [4.69, 9.17) is 6.57 Å². The molecule has 0 bridgehead atoms. The third kappa shape index (κ3) is 3.04. The van der Waals surface area contributed by atoms with Crippen molar-refractivity contribution in [2.45, 2.75) is 38.6 Å². The molecule has 0 saturated carbocycles. The van der Waals surface area contributed by atoms with E-state index in [1.807, 2.05) is 0 Å². The van der Waals surface area contributed by atoms with Gasteiger partial charge in [0, 0.05) is 30.7 Å². The van der Waals surface area contributed by atoms with Crippen LogP contribution in [0.3, 0.4) is 0 Å². The highest BCUT2D eigenvalue weighted by atomic mass is 127. The maximum atomic E-state index is 6.92. The maximum Gasteiger partial charge on any atom is 0.270 e. The van der Waals surface area contributed by atoms with Crippen molar-refractivity contribution in [2.75, 3.05) is 19.8 Å². The summed E-state index contributed by atoms with van der Waals surface area (Å²) in [5.41, 5.74) is 1.37. The Labute approximate surface area is 122 Å². The summed E-state index contributed by atoms with van der Waals surface area (Å²) in [4.78, 5) is 5.70. The largest absolute Gasteiger partial charge is 0.299 e. The predicted octanol–water partition coefficient (Wildman–Crippen LogP) is 3.12. The molecule has 1 fully saturated rings. The van der Waals surface area contributed by atoms with Crippen molar-refractivity contribution in [3.8, 4) is 0 Å². The van der Waals surface area contributed by atoms with E-state index in [-0.39, 0.29) is 0 Å². The van der Waals surface area contributed by atoms with Gasteiger partial charge in [-0.05, 0) is 55.3 Å². The van der Waals surface area contributed by atoms with Crippen LogP contribution in [0.1, 0.15) is 44.3 Å². The number of likely N-dealkylation sites (tertiary alicyclic amines) is 1. The molecule has 1 saturated heterocycles. The van der Waals surface area contributed by atoms with Gasteiger partial charge in [0.15, 0.2) is 0 Å². The van der Waals surface area contributed by atoms with E-state index >= 15 is 0 Å². The minimum absolute atomic E-state index is 0.421. The van der Waals surface area contributed by atoms with Crippen LogP contribution in [0.5, 0.6) is 0 Å². The lowest BCUT2D eigenvalue weighted by Gasteiger charge is -2.29. The van der Waals surface area contributed by atoms with Crippen LogP contribution in [0, 0.1) is 10.3 Å². The molecule has 1 aliphatic heterocycles. The molecule has 0 radical (unpaired) electrons. The second kappa shape index (κ2) is 6.02. The van der Waals surface area contributed by atoms with Crippen molar-refractivity contribution < 1.29 is 0 Å². The van der Waals surface area contributed by atoms with E-state index in [0.29, 0.717) is 18.6 Å². The lowest BCUT2D eigenvalue weighted by Crippen LogP contribution is -2.33. The van der Waals surface area contributed by atoms with Crippen molar-refractivity contribution in [3.05, 3.63) is 26.9 Å². The van der Waals surface area contributed by atoms with E-state index in [1.165, 1.54) is 5.69 Å². The second-order valence-corrected chi connectivity index (χ2v) is 6.23. The molecule has 2 heterocycles. The number of aromatic nitrogens is 2. The Bertz CT molecular complexity index is 438. The number of piperidine rings is 1. The average molecular weight is 358 g/mol. The zero-order valence-electron chi connectivity index (χ0n) is 10.9. The van der Waals surface area contributed by atoms with E-state index in [9.17, 15) is 0 Å². The normalized spacial score (nSPS) is 18.2. The number of hydrogen-bond acceptors (Lipinski definition) is 2. The molecule has 0 aromatic carbocycles. The molecule has 1 aliphatic rings. The monoisotopic (exact) mass is 358 g/mol. The van der Waals surface area contributed by atoms with Gasteiger partial charge in [0.05, 0.1) is 0 Å². The molecule has 1 aromatic rings. The first-order chi connectivity index (χ1) is 8.61. The standard InChI is InChI=1S/C13H19IN4/c1-10(2)18-12(8-13(14)16-18)11-4-6-17(7-5-11)9-15-3/h8,10-11H,4-7,9H2,1-2H3. The minimum atomic E-state index is 0.421. The minimum Gasteiger partial charge on any atom is -0.299 e. The van der Waals surface area contributed by atoms with E-state index < -0.39 is 0 Å². The first kappa shape index (κ1) is 13.8. The quantitative estimate of drug-likeness (QED) is 0.613. The molecule has 98 valence electrons. The third-order valence-electron chi connectivity index (χ3n) is 3.50. The summed E-state index contributed by atoms with van der Waals surface area (Å²) in [5.74, 6) is 0.602. The van der Waals surface area contributed by atoms with Crippen LogP contribution in [-0.2, 0) is 0 Å². The van der Waals surface area contributed by atoms with Crippen LogP contribution < -0.4 is 0 Å². The summed E-state index contributed by atoms with van der Waals surface area (Å²) >= 11 is 2.29. The van der Waals surface area contributed by atoms with Gasteiger partial charge in [0.25, 0.3) is 6.67 Å². The molecule has 0 amide bonds. The number of hydrogen-bond donors (Lipinski definition) is 0. The Balaban J connectivity index is 2.08. The lowest BCUT2D eigenvalue weighted by atomic mass is 9.93. The number of nitrogens with zero attached hydrogens (tertiary/aromatic N) is 4. The fourth-order valence-electron chi connectivity index (χ4n) is 2.57. The highest BCUT2D eigenvalue weighted by Gasteiger charge is 2.25. The molecule has 0 atom stereocenters. The van der Waals surface area contributed by atoms with E-state index in [1.54, 1.807) is 0 Å². The Hall–Kier alpha value is -0.610. The van der Waals surface area contributed by atoms with Crippen LogP contribution >= 0.6 is 22.6 Å². The first-order valence-electron chi connectivity index (χ1n) is 6.42. The van der Waals surface area contributed by atoms with Gasteiger partial charge >= 0.3 is 0 Å². The van der Waals surface area contributed by atoms with Crippen molar-refractivity contribution in [2.24, 2.45) is 0 Å². The van der Waals surface area contributed by atoms with Gasteiger partial charge in [-0.1, -0.05) is 0 Å². The molecular weight excluding hydrogens is 339 g/mol. The van der Waals surface area contributed by atoms with Crippen LogP contribution in [0.15, 0.2) is 6.07 Å². The molecule has 0 unspecified atom stereocenters. The molecule has 5 heteroatoms. The van der Waals surface area contributed by atoms with Gasteiger partial charge in [-0.2, -0.15) is 5.10 Å². The van der Waals surface area contributed by atoms with Gasteiger partial charge in [0.1, 0.15) is 3.70 Å². The van der Waals surface area contributed by atoms with Crippen molar-refractivity contribution in [1.82, 2.24) is 14.7 Å². The summed E-state index contributed by atoms with van der Waals surface area (Å²) in [7, 11) is 0. The Morgan fingerprint density at radius 1 is 1.50 bits per heavy atom. The highest BCUT2D eigenvalue weighted by molar-refractivity contribution is 14.1. The van der Waals surface area contributed by atoms with Crippen LogP contribution in [0.25, 0.3) is 4.85 Å². The molecule has 0 aliphatic carbocycles. The highest BCUT2D eigenvalue weighted by Crippen LogP contribution is 2.30. The molecule has 2 rings (SSSR count). The van der Waals surface area contributed by atoms with Crippen LogP contribution in [-0.4, -0.2) is 34.4 Å². The van der Waals surface area contributed by atoms with Gasteiger partial charge < -0.3 is 0 Å². The number of halogens is 1.